The summed E-state index contributed by atoms with van der Waals surface area (Å²) in [4.78, 5) is 26.0. The van der Waals surface area contributed by atoms with Gasteiger partial charge in [0.2, 0.25) is 5.43 Å². The van der Waals surface area contributed by atoms with E-state index in [9.17, 15) is 9.59 Å². The van der Waals surface area contributed by atoms with Gasteiger partial charge in [0.1, 0.15) is 18.8 Å². The Morgan fingerprint density at radius 2 is 1.96 bits per heavy atom. The predicted molar refractivity (Wildman–Crippen MR) is 110 cm³/mol. The number of fused-ring (bicyclic) bond motifs is 1. The molecule has 0 fully saturated rings. The number of aromatic nitrogens is 1. The Bertz CT molecular complexity index is 1200. The van der Waals surface area contributed by atoms with Crippen molar-refractivity contribution >= 4 is 38.4 Å². The fourth-order valence-corrected chi connectivity index (χ4v) is 4.45. The van der Waals surface area contributed by atoms with Crippen LogP contribution in [0, 0.1) is 0 Å². The molecule has 1 aromatic heterocycles. The summed E-state index contributed by atoms with van der Waals surface area (Å²) in [6.45, 7) is 3.06. The number of rotatable bonds is 2. The van der Waals surface area contributed by atoms with E-state index >= 15 is 0 Å². The number of benzene rings is 2. The first kappa shape index (κ1) is 17.3. The zero-order valence-electron chi connectivity index (χ0n) is 15.1. The lowest BCUT2D eigenvalue weighted by Crippen LogP contribution is -2.24. The van der Waals surface area contributed by atoms with Crippen molar-refractivity contribution < 1.29 is 14.3 Å². The predicted octanol–water partition coefficient (Wildman–Crippen LogP) is 3.90. The van der Waals surface area contributed by atoms with Gasteiger partial charge in [0, 0.05) is 33.9 Å². The molecular formula is C21H17BrN2O4. The number of ether oxygens (including phenoxy) is 2. The highest BCUT2D eigenvalue weighted by Crippen LogP contribution is 2.34. The molecule has 5 rings (SSSR count). The fourth-order valence-electron chi connectivity index (χ4n) is 3.94. The Balaban J connectivity index is 1.56. The van der Waals surface area contributed by atoms with Gasteiger partial charge in [0.05, 0.1) is 5.52 Å². The third kappa shape index (κ3) is 2.69. The molecule has 2 aliphatic rings. The molecule has 0 unspecified atom stereocenters. The van der Waals surface area contributed by atoms with Crippen LogP contribution in [0.25, 0.3) is 10.9 Å². The van der Waals surface area contributed by atoms with Gasteiger partial charge in [0.25, 0.3) is 5.91 Å². The summed E-state index contributed by atoms with van der Waals surface area (Å²) >= 11 is 3.48. The maximum Gasteiger partial charge on any atom is 0.261 e. The number of amides is 1. The van der Waals surface area contributed by atoms with Crippen molar-refractivity contribution in [1.82, 2.24) is 4.57 Å². The average molecular weight is 441 g/mol. The summed E-state index contributed by atoms with van der Waals surface area (Å²) in [6, 6.07) is 9.21. The summed E-state index contributed by atoms with van der Waals surface area (Å²) in [6.07, 6.45) is 2.51. The number of carbonyl (C=O) groups excluding carboxylic acids is 1. The van der Waals surface area contributed by atoms with E-state index in [1.807, 2.05) is 10.6 Å². The number of hydrogen-bond donors (Lipinski definition) is 1. The molecule has 1 N–H and O–H groups in total. The zero-order chi connectivity index (χ0) is 19.4. The van der Waals surface area contributed by atoms with Crippen molar-refractivity contribution in [3.8, 4) is 11.5 Å². The third-order valence-corrected chi connectivity index (χ3v) is 5.66. The zero-order valence-corrected chi connectivity index (χ0v) is 16.7. The first-order valence-corrected chi connectivity index (χ1v) is 9.89. The maximum absolute atomic E-state index is 13.0. The lowest BCUT2D eigenvalue weighted by molar-refractivity contribution is 0.102. The minimum atomic E-state index is -0.437. The molecule has 0 spiro atoms. The standard InChI is InChI=1S/C21H17BrN2O4/c1-11-6-12-7-13(22)8-15-19(12)24(11)10-16(20(15)25)21(26)23-14-2-3-17-18(9-14)28-5-4-27-17/h2-3,7-11H,4-6H2,1H3,(H,23,26)/t11-/m1/s1. The van der Waals surface area contributed by atoms with Crippen LogP contribution in [-0.2, 0) is 6.42 Å². The molecule has 3 aromatic rings. The Labute approximate surface area is 169 Å². The average Bonchev–Trinajstić information content (AvgIpc) is 2.99. The Kier molecular flexibility index (Phi) is 3.94. The topological polar surface area (TPSA) is 69.6 Å². The molecule has 3 heterocycles. The molecule has 0 saturated carbocycles. The number of anilines is 1. The van der Waals surface area contributed by atoms with Crippen LogP contribution in [0.3, 0.4) is 0 Å². The molecule has 6 nitrogen and oxygen atoms in total. The normalized spacial score (nSPS) is 17.0. The molecule has 1 amide bonds. The number of pyridine rings is 1. The van der Waals surface area contributed by atoms with Crippen LogP contribution in [0.2, 0.25) is 0 Å². The van der Waals surface area contributed by atoms with E-state index < -0.39 is 5.91 Å². The molecule has 0 saturated heterocycles. The van der Waals surface area contributed by atoms with Crippen LogP contribution in [0.15, 0.2) is 45.8 Å². The third-order valence-electron chi connectivity index (χ3n) is 5.20. The quantitative estimate of drug-likeness (QED) is 0.655. The fraction of sp³-hybridized carbons (Fsp3) is 0.238. The van der Waals surface area contributed by atoms with E-state index in [0.29, 0.717) is 35.8 Å². The van der Waals surface area contributed by atoms with E-state index in [0.717, 1.165) is 22.0 Å². The van der Waals surface area contributed by atoms with E-state index in [1.54, 1.807) is 30.5 Å². The number of carbonyl (C=O) groups is 1. The van der Waals surface area contributed by atoms with E-state index in [2.05, 4.69) is 28.2 Å². The molecule has 2 aromatic carbocycles. The summed E-state index contributed by atoms with van der Waals surface area (Å²) in [7, 11) is 0. The highest BCUT2D eigenvalue weighted by atomic mass is 79.9. The summed E-state index contributed by atoms with van der Waals surface area (Å²) < 4.78 is 13.9. The number of nitrogens with zero attached hydrogens (tertiary/aromatic N) is 1. The van der Waals surface area contributed by atoms with Crippen LogP contribution in [0.1, 0.15) is 28.9 Å². The van der Waals surface area contributed by atoms with Gasteiger partial charge in [-0.05, 0) is 43.2 Å². The Morgan fingerprint density at radius 3 is 2.79 bits per heavy atom. The highest BCUT2D eigenvalue weighted by Gasteiger charge is 2.25. The smallest absolute Gasteiger partial charge is 0.261 e. The summed E-state index contributed by atoms with van der Waals surface area (Å²) in [5.74, 6) is 0.794. The second-order valence-electron chi connectivity index (χ2n) is 7.11. The van der Waals surface area contributed by atoms with Crippen LogP contribution in [0.4, 0.5) is 5.69 Å². The van der Waals surface area contributed by atoms with E-state index in [4.69, 9.17) is 9.47 Å². The number of hydrogen-bond acceptors (Lipinski definition) is 4. The van der Waals surface area contributed by atoms with Gasteiger partial charge in [-0.1, -0.05) is 15.9 Å². The van der Waals surface area contributed by atoms with Gasteiger partial charge in [-0.25, -0.2) is 0 Å². The van der Waals surface area contributed by atoms with Crippen LogP contribution >= 0.6 is 15.9 Å². The van der Waals surface area contributed by atoms with E-state index in [1.165, 1.54) is 0 Å². The Morgan fingerprint density at radius 1 is 1.18 bits per heavy atom. The van der Waals surface area contributed by atoms with Crippen molar-refractivity contribution in [2.75, 3.05) is 18.5 Å². The van der Waals surface area contributed by atoms with Crippen LogP contribution in [0.5, 0.6) is 11.5 Å². The molecule has 1 atom stereocenters. The first-order valence-electron chi connectivity index (χ1n) is 9.09. The monoisotopic (exact) mass is 440 g/mol. The van der Waals surface area contributed by atoms with Gasteiger partial charge in [-0.2, -0.15) is 0 Å². The molecular weight excluding hydrogens is 424 g/mol. The molecule has 7 heteroatoms. The molecule has 28 heavy (non-hydrogen) atoms. The van der Waals surface area contributed by atoms with Crippen molar-refractivity contribution in [2.24, 2.45) is 0 Å². The van der Waals surface area contributed by atoms with E-state index in [-0.39, 0.29) is 17.0 Å². The molecule has 0 radical (unpaired) electrons. The minimum Gasteiger partial charge on any atom is -0.486 e. The van der Waals surface area contributed by atoms with Gasteiger partial charge in [-0.15, -0.1) is 0 Å². The molecule has 2 aliphatic heterocycles. The Hall–Kier alpha value is -2.80. The molecule has 0 aliphatic carbocycles. The highest BCUT2D eigenvalue weighted by molar-refractivity contribution is 9.10. The summed E-state index contributed by atoms with van der Waals surface area (Å²) in [5.41, 5.74) is 2.45. The van der Waals surface area contributed by atoms with Crippen LogP contribution in [-0.4, -0.2) is 23.7 Å². The molecule has 0 bridgehead atoms. The maximum atomic E-state index is 13.0. The van der Waals surface area contributed by atoms with Gasteiger partial charge in [0.15, 0.2) is 11.5 Å². The lowest BCUT2D eigenvalue weighted by Gasteiger charge is -2.19. The van der Waals surface area contributed by atoms with Crippen molar-refractivity contribution in [3.05, 3.63) is 62.4 Å². The minimum absolute atomic E-state index is 0.125. The number of nitrogens with one attached hydrogen (secondary N) is 1. The largest absolute Gasteiger partial charge is 0.486 e. The molecule has 142 valence electrons. The van der Waals surface area contributed by atoms with Crippen molar-refractivity contribution in [2.45, 2.75) is 19.4 Å². The van der Waals surface area contributed by atoms with Gasteiger partial charge >= 0.3 is 0 Å². The van der Waals surface area contributed by atoms with Crippen molar-refractivity contribution in [1.29, 1.82) is 0 Å². The number of halogens is 1. The first-order chi connectivity index (χ1) is 13.5. The lowest BCUT2D eigenvalue weighted by atomic mass is 10.1. The van der Waals surface area contributed by atoms with Crippen LogP contribution < -0.4 is 20.2 Å². The second kappa shape index (κ2) is 6.38. The second-order valence-corrected chi connectivity index (χ2v) is 8.02. The SMILES string of the molecule is C[C@@H]1Cc2cc(Br)cc3c(=O)c(C(=O)Nc4ccc5c(c4)OCCO5)cn1c23. The van der Waals surface area contributed by atoms with Crippen molar-refractivity contribution in [3.63, 3.8) is 0 Å². The summed E-state index contributed by atoms with van der Waals surface area (Å²) in [5, 5.41) is 3.37. The van der Waals surface area contributed by atoms with Gasteiger partial charge < -0.3 is 19.4 Å². The van der Waals surface area contributed by atoms with Gasteiger partial charge in [-0.3, -0.25) is 9.59 Å².